The average molecular weight is 320 g/mol. The number of carbonyl (C=O) groups is 3. The summed E-state index contributed by atoms with van der Waals surface area (Å²) in [5, 5.41) is 9.66. The molecule has 2 rings (SSSR count). The molecule has 0 unspecified atom stereocenters. The number of aryl methyl sites for hydroxylation is 1. The fourth-order valence-corrected chi connectivity index (χ4v) is 2.52. The number of rotatable bonds is 4. The number of phenolic OH excluding ortho intramolecular Hbond substituents is 1. The average Bonchev–Trinajstić information content (AvgIpc) is 2.54. The van der Waals surface area contributed by atoms with E-state index in [4.69, 9.17) is 10.5 Å². The number of primary amides is 1. The van der Waals surface area contributed by atoms with Gasteiger partial charge >= 0.3 is 5.97 Å². The van der Waals surface area contributed by atoms with Gasteiger partial charge in [-0.3, -0.25) is 9.59 Å². The second-order valence-corrected chi connectivity index (χ2v) is 5.65. The minimum Gasteiger partial charge on any atom is -0.507 e. The molecular weight excluding hydrogens is 300 g/mol. The molecule has 23 heavy (non-hydrogen) atoms. The van der Waals surface area contributed by atoms with E-state index in [1.54, 1.807) is 17.9 Å². The van der Waals surface area contributed by atoms with Crippen LogP contribution in [0.25, 0.3) is 0 Å². The van der Waals surface area contributed by atoms with Crippen molar-refractivity contribution in [2.75, 3.05) is 19.7 Å². The van der Waals surface area contributed by atoms with Crippen LogP contribution in [0, 0.1) is 12.8 Å². The molecule has 1 aromatic rings. The predicted octanol–water partition coefficient (Wildman–Crippen LogP) is 0.581. The van der Waals surface area contributed by atoms with Gasteiger partial charge in [-0.05, 0) is 31.9 Å². The SMILES string of the molecule is Cc1ccc(O)c(C(=O)OCC(=O)N2CCC(C(N)=O)CC2)c1. The van der Waals surface area contributed by atoms with Crippen molar-refractivity contribution in [3.63, 3.8) is 0 Å². The van der Waals surface area contributed by atoms with Crippen molar-refractivity contribution in [2.24, 2.45) is 11.7 Å². The number of esters is 1. The first-order valence-corrected chi connectivity index (χ1v) is 7.42. The van der Waals surface area contributed by atoms with E-state index in [0.717, 1.165) is 5.56 Å². The molecule has 0 aliphatic carbocycles. The Hall–Kier alpha value is -2.57. The van der Waals surface area contributed by atoms with Gasteiger partial charge in [0.05, 0.1) is 0 Å². The number of hydrogen-bond donors (Lipinski definition) is 2. The lowest BCUT2D eigenvalue weighted by Gasteiger charge is -2.30. The Morgan fingerprint density at radius 1 is 1.30 bits per heavy atom. The zero-order valence-corrected chi connectivity index (χ0v) is 12.9. The molecule has 0 bridgehead atoms. The highest BCUT2D eigenvalue weighted by Crippen LogP contribution is 2.20. The molecule has 1 aliphatic heterocycles. The Balaban J connectivity index is 1.86. The van der Waals surface area contributed by atoms with Gasteiger partial charge in [0.2, 0.25) is 5.91 Å². The number of hydrogen-bond acceptors (Lipinski definition) is 5. The molecule has 3 N–H and O–H groups in total. The summed E-state index contributed by atoms with van der Waals surface area (Å²) in [7, 11) is 0. The molecule has 1 aliphatic rings. The largest absolute Gasteiger partial charge is 0.507 e. The van der Waals surface area contributed by atoms with E-state index in [1.807, 2.05) is 0 Å². The Labute approximate surface area is 134 Å². The number of likely N-dealkylation sites (tertiary alicyclic amines) is 1. The maximum atomic E-state index is 12.0. The van der Waals surface area contributed by atoms with E-state index in [9.17, 15) is 19.5 Å². The number of nitrogens with two attached hydrogens (primary N) is 1. The van der Waals surface area contributed by atoms with Crippen LogP contribution in [0.5, 0.6) is 5.75 Å². The third kappa shape index (κ3) is 4.21. The minimum absolute atomic E-state index is 0.0326. The van der Waals surface area contributed by atoms with Crippen LogP contribution >= 0.6 is 0 Å². The van der Waals surface area contributed by atoms with E-state index in [-0.39, 0.29) is 29.0 Å². The highest BCUT2D eigenvalue weighted by Gasteiger charge is 2.26. The standard InChI is InChI=1S/C16H20N2O5/c1-10-2-3-13(19)12(8-10)16(22)23-9-14(20)18-6-4-11(5-7-18)15(17)21/h2-3,8,11,19H,4-7,9H2,1H3,(H2,17,21). The molecule has 1 saturated heterocycles. The number of carbonyl (C=O) groups excluding carboxylic acids is 3. The summed E-state index contributed by atoms with van der Waals surface area (Å²) < 4.78 is 4.97. The molecule has 1 aromatic carbocycles. The van der Waals surface area contributed by atoms with Crippen LogP contribution in [0.3, 0.4) is 0 Å². The summed E-state index contributed by atoms with van der Waals surface area (Å²) in [6, 6.07) is 4.57. The molecule has 0 saturated carbocycles. The number of amides is 2. The van der Waals surface area contributed by atoms with E-state index < -0.39 is 12.6 Å². The summed E-state index contributed by atoms with van der Waals surface area (Å²) in [6.07, 6.45) is 1.04. The number of piperidine rings is 1. The van der Waals surface area contributed by atoms with Gasteiger partial charge in [-0.25, -0.2) is 4.79 Å². The van der Waals surface area contributed by atoms with Crippen LogP contribution in [0.15, 0.2) is 18.2 Å². The molecule has 7 heteroatoms. The molecule has 0 aromatic heterocycles. The fraction of sp³-hybridized carbons (Fsp3) is 0.438. The molecule has 2 amide bonds. The zero-order chi connectivity index (χ0) is 17.0. The van der Waals surface area contributed by atoms with Crippen LogP contribution in [0.4, 0.5) is 0 Å². The lowest BCUT2D eigenvalue weighted by atomic mass is 9.96. The van der Waals surface area contributed by atoms with Crippen LogP contribution in [-0.2, 0) is 14.3 Å². The topological polar surface area (TPSA) is 110 Å². The zero-order valence-electron chi connectivity index (χ0n) is 12.9. The van der Waals surface area contributed by atoms with Gasteiger partial charge in [-0.15, -0.1) is 0 Å². The first kappa shape index (κ1) is 16.8. The van der Waals surface area contributed by atoms with Crippen LogP contribution < -0.4 is 5.73 Å². The van der Waals surface area contributed by atoms with E-state index in [1.165, 1.54) is 12.1 Å². The molecule has 124 valence electrons. The molecule has 7 nitrogen and oxygen atoms in total. The van der Waals surface area contributed by atoms with Crippen molar-refractivity contribution in [3.8, 4) is 5.75 Å². The normalized spacial score (nSPS) is 15.3. The van der Waals surface area contributed by atoms with Gasteiger partial charge < -0.3 is 20.5 Å². The first-order valence-electron chi connectivity index (χ1n) is 7.42. The minimum atomic E-state index is -0.744. The van der Waals surface area contributed by atoms with E-state index in [2.05, 4.69) is 0 Å². The first-order chi connectivity index (χ1) is 10.9. The van der Waals surface area contributed by atoms with E-state index in [0.29, 0.717) is 25.9 Å². The Bertz CT molecular complexity index is 621. The molecule has 0 spiro atoms. The second-order valence-electron chi connectivity index (χ2n) is 5.65. The van der Waals surface area contributed by atoms with Crippen molar-refractivity contribution in [1.82, 2.24) is 4.90 Å². The predicted molar refractivity (Wildman–Crippen MR) is 81.6 cm³/mol. The Morgan fingerprint density at radius 2 is 1.96 bits per heavy atom. The van der Waals surface area contributed by atoms with Gasteiger partial charge in [0.15, 0.2) is 6.61 Å². The molecular formula is C16H20N2O5. The maximum Gasteiger partial charge on any atom is 0.342 e. The number of phenols is 1. The highest BCUT2D eigenvalue weighted by molar-refractivity contribution is 5.94. The van der Waals surface area contributed by atoms with Crippen molar-refractivity contribution in [1.29, 1.82) is 0 Å². The lowest BCUT2D eigenvalue weighted by molar-refractivity contribution is -0.137. The maximum absolute atomic E-state index is 12.0. The molecule has 0 radical (unpaired) electrons. The second kappa shape index (κ2) is 7.13. The van der Waals surface area contributed by atoms with Gasteiger partial charge in [0, 0.05) is 19.0 Å². The Kier molecular flexibility index (Phi) is 5.20. The van der Waals surface area contributed by atoms with Gasteiger partial charge in [-0.1, -0.05) is 11.6 Å². The molecule has 0 atom stereocenters. The Morgan fingerprint density at radius 3 is 2.57 bits per heavy atom. The van der Waals surface area contributed by atoms with Crippen molar-refractivity contribution in [2.45, 2.75) is 19.8 Å². The van der Waals surface area contributed by atoms with Crippen molar-refractivity contribution < 1.29 is 24.2 Å². The number of ether oxygens (including phenoxy) is 1. The third-order valence-electron chi connectivity index (χ3n) is 3.95. The van der Waals surface area contributed by atoms with Crippen LogP contribution in [-0.4, -0.2) is 47.5 Å². The van der Waals surface area contributed by atoms with Gasteiger partial charge in [0.1, 0.15) is 11.3 Å². The van der Waals surface area contributed by atoms with Crippen molar-refractivity contribution >= 4 is 17.8 Å². The van der Waals surface area contributed by atoms with Gasteiger partial charge in [0.25, 0.3) is 5.91 Å². The van der Waals surface area contributed by atoms with Crippen LogP contribution in [0.1, 0.15) is 28.8 Å². The third-order valence-corrected chi connectivity index (χ3v) is 3.95. The monoisotopic (exact) mass is 320 g/mol. The summed E-state index contributed by atoms with van der Waals surface area (Å²) in [5.41, 5.74) is 6.08. The highest BCUT2D eigenvalue weighted by atomic mass is 16.5. The smallest absolute Gasteiger partial charge is 0.342 e. The quantitative estimate of drug-likeness (QED) is 0.789. The molecule has 1 fully saturated rings. The summed E-state index contributed by atoms with van der Waals surface area (Å²) in [6.45, 7) is 2.22. The number of nitrogens with zero attached hydrogens (tertiary/aromatic N) is 1. The van der Waals surface area contributed by atoms with Crippen LogP contribution in [0.2, 0.25) is 0 Å². The summed E-state index contributed by atoms with van der Waals surface area (Å²) in [5.74, 6) is -1.81. The fourth-order valence-electron chi connectivity index (χ4n) is 2.52. The number of benzene rings is 1. The number of aromatic hydroxyl groups is 1. The molecule has 1 heterocycles. The van der Waals surface area contributed by atoms with Crippen molar-refractivity contribution in [3.05, 3.63) is 29.3 Å². The van der Waals surface area contributed by atoms with E-state index >= 15 is 0 Å². The van der Waals surface area contributed by atoms with Gasteiger partial charge in [-0.2, -0.15) is 0 Å². The lowest BCUT2D eigenvalue weighted by Crippen LogP contribution is -2.43. The summed E-state index contributed by atoms with van der Waals surface area (Å²) >= 11 is 0. The summed E-state index contributed by atoms with van der Waals surface area (Å²) in [4.78, 5) is 36.6.